The Labute approximate surface area is 175 Å². The number of fused-ring (bicyclic) bond motifs is 1. The highest BCUT2D eigenvalue weighted by molar-refractivity contribution is 6.31. The maximum Gasteiger partial charge on any atom is 0.125 e. The lowest BCUT2D eigenvalue weighted by molar-refractivity contribution is 0.409. The number of methoxy groups -OCH3 is 1. The van der Waals surface area contributed by atoms with Gasteiger partial charge >= 0.3 is 0 Å². The molecule has 1 aliphatic heterocycles. The zero-order valence-corrected chi connectivity index (χ0v) is 17.4. The average molecular weight is 413 g/mol. The van der Waals surface area contributed by atoms with E-state index < -0.39 is 0 Å². The van der Waals surface area contributed by atoms with Crippen LogP contribution in [0.4, 0.5) is 11.4 Å². The van der Waals surface area contributed by atoms with Crippen LogP contribution in [0.15, 0.2) is 60.7 Å². The molecular weight excluding hydrogens is 391 g/mol. The number of hydrogen-bond donors (Lipinski definition) is 1. The van der Waals surface area contributed by atoms with Gasteiger partial charge in [-0.05, 0) is 48.4 Å². The standard InChI is InChI=1S/C23H22Cl2N2O/c1-23(18-5-3-4-6-20(18)25)14-27(21-10-8-16(24)11-19(21)23)13-15-7-9-17(26)12-22(15)28-2/h3-12H,13-14,26H2,1-2H3. The second-order valence-electron chi connectivity index (χ2n) is 7.40. The molecule has 4 rings (SSSR count). The molecule has 0 spiro atoms. The van der Waals surface area contributed by atoms with Crippen molar-refractivity contribution in [1.82, 2.24) is 0 Å². The minimum atomic E-state index is -0.264. The SMILES string of the molecule is COc1cc(N)ccc1CN1CC(C)(c2ccccc2Cl)c2cc(Cl)ccc21. The summed E-state index contributed by atoms with van der Waals surface area (Å²) in [6, 6.07) is 19.9. The summed E-state index contributed by atoms with van der Waals surface area (Å²) in [5.41, 5.74) is 10.9. The summed E-state index contributed by atoms with van der Waals surface area (Å²) >= 11 is 13.0. The van der Waals surface area contributed by atoms with E-state index in [0.29, 0.717) is 12.2 Å². The minimum absolute atomic E-state index is 0.264. The van der Waals surface area contributed by atoms with Crippen LogP contribution < -0.4 is 15.4 Å². The van der Waals surface area contributed by atoms with Crippen LogP contribution in [0.3, 0.4) is 0 Å². The Hall–Kier alpha value is -2.36. The Balaban J connectivity index is 1.79. The Morgan fingerprint density at radius 2 is 1.82 bits per heavy atom. The van der Waals surface area contributed by atoms with Gasteiger partial charge in [0.1, 0.15) is 5.75 Å². The molecule has 0 saturated carbocycles. The van der Waals surface area contributed by atoms with Crippen molar-refractivity contribution in [2.75, 3.05) is 24.3 Å². The molecule has 144 valence electrons. The van der Waals surface area contributed by atoms with Gasteiger partial charge in [-0.25, -0.2) is 0 Å². The first-order chi connectivity index (χ1) is 13.4. The van der Waals surface area contributed by atoms with Crippen molar-refractivity contribution in [3.8, 4) is 5.75 Å². The first-order valence-corrected chi connectivity index (χ1v) is 9.90. The molecular formula is C23H22Cl2N2O. The largest absolute Gasteiger partial charge is 0.496 e. The fourth-order valence-corrected chi connectivity index (χ4v) is 4.67. The highest BCUT2D eigenvalue weighted by atomic mass is 35.5. The smallest absolute Gasteiger partial charge is 0.125 e. The molecule has 0 aromatic heterocycles. The number of anilines is 2. The van der Waals surface area contributed by atoms with Gasteiger partial charge in [0.25, 0.3) is 0 Å². The van der Waals surface area contributed by atoms with E-state index in [-0.39, 0.29) is 5.41 Å². The molecule has 0 amide bonds. The first kappa shape index (κ1) is 19.0. The van der Waals surface area contributed by atoms with E-state index in [0.717, 1.165) is 39.2 Å². The number of rotatable bonds is 4. The molecule has 1 heterocycles. The lowest BCUT2D eigenvalue weighted by Crippen LogP contribution is -2.32. The highest BCUT2D eigenvalue weighted by Gasteiger charge is 2.41. The second kappa shape index (κ2) is 7.23. The van der Waals surface area contributed by atoms with E-state index in [1.54, 1.807) is 7.11 Å². The van der Waals surface area contributed by atoms with E-state index >= 15 is 0 Å². The molecule has 5 heteroatoms. The number of benzene rings is 3. The van der Waals surface area contributed by atoms with E-state index in [1.807, 2.05) is 42.5 Å². The topological polar surface area (TPSA) is 38.5 Å². The van der Waals surface area contributed by atoms with Crippen LogP contribution >= 0.6 is 23.2 Å². The third-order valence-corrected chi connectivity index (χ3v) is 6.11. The van der Waals surface area contributed by atoms with Gasteiger partial charge in [-0.2, -0.15) is 0 Å². The van der Waals surface area contributed by atoms with Crippen molar-refractivity contribution in [2.24, 2.45) is 0 Å². The van der Waals surface area contributed by atoms with Crippen molar-refractivity contribution in [3.05, 3.63) is 87.4 Å². The van der Waals surface area contributed by atoms with Crippen LogP contribution in [0.25, 0.3) is 0 Å². The summed E-state index contributed by atoms with van der Waals surface area (Å²) in [5, 5.41) is 1.49. The molecule has 0 fully saturated rings. The average Bonchev–Trinajstić information content (AvgIpc) is 2.95. The number of nitrogens with zero attached hydrogens (tertiary/aromatic N) is 1. The van der Waals surface area contributed by atoms with Crippen molar-refractivity contribution in [2.45, 2.75) is 18.9 Å². The molecule has 0 aliphatic carbocycles. The number of halogens is 2. The van der Waals surface area contributed by atoms with Gasteiger partial charge in [0, 0.05) is 51.6 Å². The second-order valence-corrected chi connectivity index (χ2v) is 8.24. The van der Waals surface area contributed by atoms with Crippen LogP contribution in [-0.2, 0) is 12.0 Å². The van der Waals surface area contributed by atoms with Crippen LogP contribution in [0, 0.1) is 0 Å². The highest BCUT2D eigenvalue weighted by Crippen LogP contribution is 2.48. The van der Waals surface area contributed by atoms with Gasteiger partial charge in [-0.1, -0.05) is 47.5 Å². The van der Waals surface area contributed by atoms with Gasteiger partial charge < -0.3 is 15.4 Å². The third kappa shape index (κ3) is 3.19. The van der Waals surface area contributed by atoms with Gasteiger partial charge in [-0.15, -0.1) is 0 Å². The van der Waals surface area contributed by atoms with Crippen molar-refractivity contribution >= 4 is 34.6 Å². The van der Waals surface area contributed by atoms with E-state index in [9.17, 15) is 0 Å². The predicted molar refractivity (Wildman–Crippen MR) is 118 cm³/mol. The van der Waals surface area contributed by atoms with E-state index in [2.05, 4.69) is 30.0 Å². The Morgan fingerprint density at radius 3 is 2.57 bits per heavy atom. The monoisotopic (exact) mass is 412 g/mol. The number of ether oxygens (including phenoxy) is 1. The summed E-state index contributed by atoms with van der Waals surface area (Å²) in [6.07, 6.45) is 0. The van der Waals surface area contributed by atoms with Gasteiger partial charge in [-0.3, -0.25) is 0 Å². The molecule has 1 aliphatic rings. The quantitative estimate of drug-likeness (QED) is 0.541. The maximum atomic E-state index is 6.59. The lowest BCUT2D eigenvalue weighted by Gasteiger charge is -2.28. The predicted octanol–water partition coefficient (Wildman–Crippen LogP) is 5.91. The molecule has 3 nitrogen and oxygen atoms in total. The molecule has 2 N–H and O–H groups in total. The van der Waals surface area contributed by atoms with Crippen molar-refractivity contribution < 1.29 is 4.74 Å². The fourth-order valence-electron chi connectivity index (χ4n) is 4.16. The van der Waals surface area contributed by atoms with Gasteiger partial charge in [0.15, 0.2) is 0 Å². The van der Waals surface area contributed by atoms with Crippen molar-refractivity contribution in [3.63, 3.8) is 0 Å². The van der Waals surface area contributed by atoms with E-state index in [4.69, 9.17) is 33.7 Å². The number of hydrogen-bond acceptors (Lipinski definition) is 3. The summed E-state index contributed by atoms with van der Waals surface area (Å²) in [6.45, 7) is 3.72. The number of nitrogens with two attached hydrogens (primary N) is 1. The first-order valence-electron chi connectivity index (χ1n) is 9.15. The van der Waals surface area contributed by atoms with Crippen LogP contribution in [-0.4, -0.2) is 13.7 Å². The Bertz CT molecular complexity index is 1040. The molecule has 3 aromatic rings. The third-order valence-electron chi connectivity index (χ3n) is 5.54. The van der Waals surface area contributed by atoms with Gasteiger partial charge in [0.2, 0.25) is 0 Å². The fraction of sp³-hybridized carbons (Fsp3) is 0.217. The lowest BCUT2D eigenvalue weighted by atomic mass is 9.78. The summed E-state index contributed by atoms with van der Waals surface area (Å²) in [5.74, 6) is 0.793. The molecule has 0 bridgehead atoms. The molecule has 1 unspecified atom stereocenters. The van der Waals surface area contributed by atoms with Crippen LogP contribution in [0.2, 0.25) is 10.0 Å². The molecule has 0 saturated heterocycles. The summed E-state index contributed by atoms with van der Waals surface area (Å²) in [7, 11) is 1.67. The maximum absolute atomic E-state index is 6.59. The van der Waals surface area contributed by atoms with Crippen LogP contribution in [0.5, 0.6) is 5.75 Å². The molecule has 0 radical (unpaired) electrons. The zero-order chi connectivity index (χ0) is 19.9. The zero-order valence-electron chi connectivity index (χ0n) is 15.9. The molecule has 1 atom stereocenters. The van der Waals surface area contributed by atoms with Crippen molar-refractivity contribution in [1.29, 1.82) is 0 Å². The Morgan fingerprint density at radius 1 is 1.04 bits per heavy atom. The normalized spacial score (nSPS) is 18.2. The molecule has 28 heavy (non-hydrogen) atoms. The summed E-state index contributed by atoms with van der Waals surface area (Å²) in [4.78, 5) is 2.35. The number of nitrogen functional groups attached to an aromatic ring is 1. The van der Waals surface area contributed by atoms with E-state index in [1.165, 1.54) is 5.56 Å². The Kier molecular flexibility index (Phi) is 4.90. The van der Waals surface area contributed by atoms with Crippen LogP contribution in [0.1, 0.15) is 23.6 Å². The van der Waals surface area contributed by atoms with Gasteiger partial charge in [0.05, 0.1) is 7.11 Å². The minimum Gasteiger partial charge on any atom is -0.496 e. The summed E-state index contributed by atoms with van der Waals surface area (Å²) < 4.78 is 5.55. The molecule has 3 aromatic carbocycles.